The molecule has 2 aliphatic heterocycles. The van der Waals surface area contributed by atoms with Crippen molar-refractivity contribution in [3.63, 3.8) is 0 Å². The maximum absolute atomic E-state index is 14.0. The summed E-state index contributed by atoms with van der Waals surface area (Å²) in [5.74, 6) is 13.2. The van der Waals surface area contributed by atoms with E-state index < -0.39 is 0 Å². The average molecular weight is 1040 g/mol. The van der Waals surface area contributed by atoms with Gasteiger partial charge < -0.3 is 20.4 Å². The van der Waals surface area contributed by atoms with Gasteiger partial charge in [0.2, 0.25) is 0 Å². The molecule has 0 atom stereocenters. The number of nitriles is 1. The minimum Gasteiger partial charge on any atom is -0.384 e. The molecule has 15 nitrogen and oxygen atoms in total. The Kier molecular flexibility index (Phi) is 16.7. The highest BCUT2D eigenvalue weighted by atomic mass is 35.5. The third-order valence-electron chi connectivity index (χ3n) is 12.5. The molecule has 0 radical (unpaired) electrons. The van der Waals surface area contributed by atoms with Crippen LogP contribution in [-0.2, 0) is 12.8 Å². The molecule has 0 saturated carbocycles. The molecule has 2 aromatic carbocycles. The van der Waals surface area contributed by atoms with Crippen LogP contribution in [0.3, 0.4) is 0 Å². The molecular weight excluding hydrogens is 994 g/mol. The number of nitrogens with zero attached hydrogens (tertiary/aromatic N) is 10. The molecule has 6 aromatic rings. The molecule has 4 aromatic heterocycles. The number of carbonyl (C=O) groups is 2. The summed E-state index contributed by atoms with van der Waals surface area (Å²) < 4.78 is 1.50. The summed E-state index contributed by atoms with van der Waals surface area (Å²) in [6.45, 7) is 8.25. The fraction of sp³-hybridized carbons (Fsp3) is 0.302. The number of likely N-dealkylation sites (tertiary alicyclic amines) is 1. The number of piperidine rings is 1. The van der Waals surface area contributed by atoms with E-state index >= 15 is 0 Å². The number of nitrogen functional groups attached to an aromatic ring is 2. The van der Waals surface area contributed by atoms with Gasteiger partial charge in [-0.15, -0.1) is 0 Å². The van der Waals surface area contributed by atoms with Crippen molar-refractivity contribution in [1.29, 1.82) is 5.26 Å². The molecule has 2 fully saturated rings. The van der Waals surface area contributed by atoms with Crippen LogP contribution >= 0.6 is 46.4 Å². The number of nitrogens with two attached hydrogens (primary N) is 2. The lowest BCUT2D eigenvalue weighted by atomic mass is 9.97. The van der Waals surface area contributed by atoms with E-state index in [0.29, 0.717) is 141 Å². The van der Waals surface area contributed by atoms with Crippen LogP contribution in [0.5, 0.6) is 0 Å². The molecule has 2 aliphatic rings. The van der Waals surface area contributed by atoms with Crippen LogP contribution in [-0.4, -0.2) is 104 Å². The van der Waals surface area contributed by atoms with Crippen LogP contribution in [0.1, 0.15) is 87.5 Å². The normalized spacial score (nSPS) is 13.9. The summed E-state index contributed by atoms with van der Waals surface area (Å²) in [5, 5.41) is 9.76. The molecule has 8 rings (SSSR count). The Morgan fingerprint density at radius 1 is 0.694 bits per heavy atom. The van der Waals surface area contributed by atoms with Gasteiger partial charge in [-0.3, -0.25) is 20.2 Å². The van der Waals surface area contributed by atoms with Gasteiger partial charge in [-0.05, 0) is 72.9 Å². The number of piperazine rings is 1. The van der Waals surface area contributed by atoms with E-state index in [4.69, 9.17) is 68.0 Å². The first-order valence-electron chi connectivity index (χ1n) is 23.4. The van der Waals surface area contributed by atoms with Crippen molar-refractivity contribution in [3.05, 3.63) is 138 Å². The van der Waals surface area contributed by atoms with Crippen LogP contribution in [0.4, 0.5) is 11.6 Å². The highest BCUT2D eigenvalue weighted by molar-refractivity contribution is 6.41. The first-order chi connectivity index (χ1) is 34.8. The van der Waals surface area contributed by atoms with E-state index in [1.807, 2.05) is 13.8 Å². The lowest BCUT2D eigenvalue weighted by Gasteiger charge is -2.34. The Labute approximate surface area is 438 Å². The molecule has 0 spiro atoms. The van der Waals surface area contributed by atoms with E-state index in [-0.39, 0.29) is 48.9 Å². The summed E-state index contributed by atoms with van der Waals surface area (Å²) in [5.41, 5.74) is 18.8. The van der Waals surface area contributed by atoms with E-state index in [1.54, 1.807) is 70.7 Å². The van der Waals surface area contributed by atoms with Crippen LogP contribution < -0.4 is 21.0 Å². The lowest BCUT2D eigenvalue weighted by Crippen LogP contribution is -2.48. The number of aryl methyl sites for hydroxylation is 2. The Bertz CT molecular complexity index is 3150. The Balaban J connectivity index is 0.915. The molecule has 0 bridgehead atoms. The molecule has 2 saturated heterocycles. The summed E-state index contributed by atoms with van der Waals surface area (Å²) in [6.07, 6.45) is 9.24. The topological polar surface area (TPSA) is 197 Å². The van der Waals surface area contributed by atoms with Crippen LogP contribution in [0, 0.1) is 40.9 Å². The monoisotopic (exact) mass is 1040 g/mol. The Morgan fingerprint density at radius 3 is 1.71 bits per heavy atom. The van der Waals surface area contributed by atoms with Crippen LogP contribution in [0.2, 0.25) is 20.1 Å². The number of amides is 2. The molecule has 72 heavy (non-hydrogen) atoms. The van der Waals surface area contributed by atoms with Crippen molar-refractivity contribution in [1.82, 2.24) is 39.6 Å². The second-order valence-electron chi connectivity index (χ2n) is 17.1. The van der Waals surface area contributed by atoms with E-state index in [1.165, 1.54) is 17.4 Å². The number of anilines is 2. The van der Waals surface area contributed by atoms with Gasteiger partial charge >= 0.3 is 5.82 Å². The van der Waals surface area contributed by atoms with E-state index in [2.05, 4.69) is 59.6 Å². The number of halogens is 4. The minimum absolute atomic E-state index is 0.125. The average Bonchev–Trinajstić information content (AvgIpc) is 3.39. The quantitative estimate of drug-likeness (QED) is 0.0952. The second-order valence-corrected chi connectivity index (χ2v) is 18.8. The van der Waals surface area contributed by atoms with Crippen molar-refractivity contribution in [2.24, 2.45) is 5.92 Å². The standard InChI is InChI=1S/C53H48Cl4N12O3/c1-3-44-38(10-6-33-8-12-46(59)61-28-33)50(64-31-62-44)36-24-40(54)48(41(55)25-36)52(70)67-18-14-35(15-19-67)30-72-69-29-34(9-13-47(69)60)7-11-39-45(4-2)63-32-65-51(39)37-26-42(56)49(43(57)27-37)53(71)68-22-20-66(21-23-68)17-5-16-58/h8-9,12-13,24-29,31-32,35,60H,3-5,14-15,17-23,30H2,1-2H3,(H2,59,61,70)/p+1. The zero-order valence-corrected chi connectivity index (χ0v) is 42.6. The minimum atomic E-state index is -0.264. The van der Waals surface area contributed by atoms with Gasteiger partial charge in [0.05, 0.1) is 76.8 Å². The Hall–Kier alpha value is -7.03. The van der Waals surface area contributed by atoms with Gasteiger partial charge in [0.25, 0.3) is 11.8 Å². The molecule has 0 aliphatic carbocycles. The predicted octanol–water partition coefficient (Wildman–Crippen LogP) is 7.64. The van der Waals surface area contributed by atoms with Gasteiger partial charge in [-0.1, -0.05) is 83.9 Å². The van der Waals surface area contributed by atoms with Gasteiger partial charge in [0, 0.05) is 87.1 Å². The van der Waals surface area contributed by atoms with Gasteiger partial charge in [-0.2, -0.15) is 5.26 Å². The first-order valence-corrected chi connectivity index (χ1v) is 24.9. The number of rotatable bonds is 11. The Morgan fingerprint density at radius 2 is 1.21 bits per heavy atom. The first kappa shape index (κ1) is 51.3. The molecule has 366 valence electrons. The summed E-state index contributed by atoms with van der Waals surface area (Å²) in [6, 6.07) is 15.9. The number of hydrogen-bond acceptors (Lipinski definition) is 12. The fourth-order valence-corrected chi connectivity index (χ4v) is 9.82. The molecule has 19 heteroatoms. The molecular formula is C53H49Cl4N12O3+. The maximum atomic E-state index is 14.0. The van der Waals surface area contributed by atoms with Gasteiger partial charge in [-0.25, -0.2) is 24.9 Å². The van der Waals surface area contributed by atoms with Crippen molar-refractivity contribution in [3.8, 4) is 52.3 Å². The van der Waals surface area contributed by atoms with Crippen molar-refractivity contribution in [2.75, 3.05) is 63.9 Å². The third kappa shape index (κ3) is 11.8. The highest BCUT2D eigenvalue weighted by Crippen LogP contribution is 2.36. The second kappa shape index (κ2) is 23.5. The van der Waals surface area contributed by atoms with E-state index in [9.17, 15) is 9.59 Å². The van der Waals surface area contributed by atoms with Gasteiger partial charge in [0.1, 0.15) is 25.1 Å². The van der Waals surface area contributed by atoms with Crippen LogP contribution in [0.25, 0.3) is 22.5 Å². The zero-order chi connectivity index (χ0) is 50.9. The zero-order valence-electron chi connectivity index (χ0n) is 39.6. The highest BCUT2D eigenvalue weighted by Gasteiger charge is 2.30. The summed E-state index contributed by atoms with van der Waals surface area (Å²) in [4.78, 5) is 61.7. The number of pyridine rings is 2. The number of hydrogen-bond donors (Lipinski definition) is 2. The molecule has 6 heterocycles. The fourth-order valence-electron chi connectivity index (χ4n) is 8.52. The van der Waals surface area contributed by atoms with Crippen molar-refractivity contribution < 1.29 is 19.2 Å². The smallest absolute Gasteiger partial charge is 0.312 e. The SMILES string of the molecule is CCc1ncnc(-c2cc(Cl)c(C(=O)N3CCC(CO[n+]4cc(C#Cc5c(CC)ncnc5-c5cc(Cl)c(C(=O)N6CCN(CCC#N)CC6)c(Cl)c5)ccc4N)CC3)c(Cl)c2)c1C#Cc1ccc(N)nc1. The molecule has 4 N–H and O–H groups in total. The summed E-state index contributed by atoms with van der Waals surface area (Å²) in [7, 11) is 0. The van der Waals surface area contributed by atoms with Gasteiger partial charge in [0.15, 0.2) is 6.20 Å². The van der Waals surface area contributed by atoms with Crippen molar-refractivity contribution >= 4 is 69.9 Å². The number of carbonyl (C=O) groups excluding carboxylic acids is 2. The molecule has 2 amide bonds. The number of aromatic nitrogens is 6. The van der Waals surface area contributed by atoms with Crippen molar-refractivity contribution in [2.45, 2.75) is 46.0 Å². The van der Waals surface area contributed by atoms with Crippen LogP contribution in [0.15, 0.2) is 73.6 Å². The predicted molar refractivity (Wildman–Crippen MR) is 278 cm³/mol. The number of benzene rings is 2. The lowest BCUT2D eigenvalue weighted by molar-refractivity contribution is -0.881. The maximum Gasteiger partial charge on any atom is 0.312 e. The largest absolute Gasteiger partial charge is 0.384 e. The van der Waals surface area contributed by atoms with E-state index in [0.717, 1.165) is 11.4 Å². The third-order valence-corrected chi connectivity index (χ3v) is 13.7. The summed E-state index contributed by atoms with van der Waals surface area (Å²) >= 11 is 27.3. The molecule has 0 unspecified atom stereocenters.